The summed E-state index contributed by atoms with van der Waals surface area (Å²) in [5.74, 6) is 0. The fourth-order valence-electron chi connectivity index (χ4n) is 0. The molecule has 0 saturated heterocycles. The predicted octanol–water partition coefficient (Wildman–Crippen LogP) is -2.84. The van der Waals surface area contributed by atoms with Crippen LogP contribution in [0.3, 0.4) is 0 Å². The van der Waals surface area contributed by atoms with Gasteiger partial charge in [-0.05, 0) is 15.6 Å². The van der Waals surface area contributed by atoms with Crippen LogP contribution in [0.25, 0.3) is 0 Å². The van der Waals surface area contributed by atoms with Crippen LogP contribution in [0.15, 0.2) is 0 Å². The summed E-state index contributed by atoms with van der Waals surface area (Å²) in [4.78, 5) is 23.8. The molecule has 0 aliphatic carbocycles. The first-order chi connectivity index (χ1) is 4.46. The van der Waals surface area contributed by atoms with E-state index in [1.165, 1.54) is 9.47 Å². The molecule has 0 aliphatic rings. The second-order valence-electron chi connectivity index (χ2n) is 0.533. The minimum atomic E-state index is -2.33. The standard InChI is InChI=1S/2CH2O3.Ca.H3OP/c2*2-1(3)4;;1-2/h2*(H2,2,3,4);;1H,2H2/q;;+2;/p-2. The Balaban J connectivity index is -0.0000000339. The van der Waals surface area contributed by atoms with Crippen LogP contribution >= 0.6 is 9.47 Å². The van der Waals surface area contributed by atoms with E-state index in [2.05, 4.69) is 0 Å². The molecule has 1 unspecified atom stereocenters. The summed E-state index contributed by atoms with van der Waals surface area (Å²) < 4.78 is 0. The maximum absolute atomic E-state index is 8.56. The van der Waals surface area contributed by atoms with Crippen LogP contribution in [0.5, 0.6) is 0 Å². The molecule has 0 aromatic heterocycles. The Hall–Kier alpha value is 0.190. The Kier molecular flexibility index (Phi) is 45.9. The van der Waals surface area contributed by atoms with Crippen molar-refractivity contribution in [3.8, 4) is 0 Å². The number of carboxylic acid groups (broad SMARTS) is 4. The van der Waals surface area contributed by atoms with E-state index in [4.69, 9.17) is 34.9 Å². The molecular formula is C2H5CaO7P. The van der Waals surface area contributed by atoms with Gasteiger partial charge in [-0.25, -0.2) is 4.79 Å². The van der Waals surface area contributed by atoms with Crippen molar-refractivity contribution in [3.05, 3.63) is 0 Å². The van der Waals surface area contributed by atoms with E-state index in [-0.39, 0.29) is 37.7 Å². The van der Waals surface area contributed by atoms with Gasteiger partial charge < -0.3 is 30.1 Å². The second-order valence-corrected chi connectivity index (χ2v) is 0.533. The molecule has 0 aromatic rings. The van der Waals surface area contributed by atoms with Crippen LogP contribution in [0.1, 0.15) is 0 Å². The molecule has 0 aromatic carbocycles. The minimum Gasteiger partial charge on any atom is -0.652 e. The molecule has 7 nitrogen and oxygen atoms in total. The van der Waals surface area contributed by atoms with Crippen molar-refractivity contribution < 1.29 is 34.9 Å². The second kappa shape index (κ2) is 22.5. The summed E-state index contributed by atoms with van der Waals surface area (Å²) in [5.41, 5.74) is 0. The van der Waals surface area contributed by atoms with Gasteiger partial charge in [0.25, 0.3) is 0 Å². The largest absolute Gasteiger partial charge is 2.00 e. The number of rotatable bonds is 0. The van der Waals surface area contributed by atoms with E-state index in [0.29, 0.717) is 0 Å². The molecule has 0 spiro atoms. The van der Waals surface area contributed by atoms with Crippen molar-refractivity contribution in [2.75, 3.05) is 0 Å². The zero-order chi connectivity index (χ0) is 9.15. The first-order valence-corrected chi connectivity index (χ1v) is 2.04. The molecule has 0 fully saturated rings. The van der Waals surface area contributed by atoms with Crippen LogP contribution in [-0.4, -0.2) is 65.2 Å². The number of hydrogen-bond acceptors (Lipinski definition) is 5. The van der Waals surface area contributed by atoms with Crippen LogP contribution < -0.4 is 10.2 Å². The van der Waals surface area contributed by atoms with Crippen molar-refractivity contribution in [3.63, 3.8) is 0 Å². The zero-order valence-electron chi connectivity index (χ0n) is 5.26. The molecule has 9 heteroatoms. The van der Waals surface area contributed by atoms with Crippen LogP contribution in [-0.2, 0) is 0 Å². The Morgan fingerprint density at radius 3 is 1.09 bits per heavy atom. The normalized spacial score (nSPS) is 4.91. The molecule has 1 atom stereocenters. The zero-order valence-corrected chi connectivity index (χ0v) is 8.62. The summed E-state index contributed by atoms with van der Waals surface area (Å²) in [7, 11) is 1.42. The van der Waals surface area contributed by atoms with Gasteiger partial charge in [0.2, 0.25) is 0 Å². The SMILES string of the molecule is O=C(O)O.O=C([O-])[O-].OP.[Ca+2]. The summed E-state index contributed by atoms with van der Waals surface area (Å²) in [6, 6.07) is 0. The first kappa shape index (κ1) is 22.5. The van der Waals surface area contributed by atoms with E-state index in [9.17, 15) is 0 Å². The number of carbonyl (C=O) groups excluding carboxylic acids is 1. The topological polar surface area (TPSA) is 141 Å². The van der Waals surface area contributed by atoms with Crippen molar-refractivity contribution in [1.82, 2.24) is 0 Å². The quantitative estimate of drug-likeness (QED) is 0.290. The van der Waals surface area contributed by atoms with Gasteiger partial charge in [0, 0.05) is 0 Å². The van der Waals surface area contributed by atoms with Crippen molar-refractivity contribution in [2.24, 2.45) is 0 Å². The van der Waals surface area contributed by atoms with E-state index in [0.717, 1.165) is 0 Å². The Morgan fingerprint density at radius 1 is 1.09 bits per heavy atom. The Morgan fingerprint density at radius 2 is 1.09 bits per heavy atom. The van der Waals surface area contributed by atoms with Gasteiger partial charge >= 0.3 is 43.9 Å². The van der Waals surface area contributed by atoms with Gasteiger partial charge in [-0.2, -0.15) is 0 Å². The molecule has 0 amide bonds. The van der Waals surface area contributed by atoms with Gasteiger partial charge in [-0.15, -0.1) is 0 Å². The van der Waals surface area contributed by atoms with E-state index < -0.39 is 12.3 Å². The van der Waals surface area contributed by atoms with Gasteiger partial charge in [0.1, 0.15) is 0 Å². The molecule has 0 heterocycles. The van der Waals surface area contributed by atoms with Crippen LogP contribution in [0.4, 0.5) is 9.59 Å². The fourth-order valence-corrected chi connectivity index (χ4v) is 0. The van der Waals surface area contributed by atoms with Crippen molar-refractivity contribution >= 4 is 59.5 Å². The first-order valence-electron chi connectivity index (χ1n) is 1.52. The average Bonchev–Trinajstić information content (AvgIpc) is 1.66. The minimum absolute atomic E-state index is 0. The predicted molar refractivity (Wildman–Crippen MR) is 33.7 cm³/mol. The monoisotopic (exact) mass is 212 g/mol. The third kappa shape index (κ3) is 19000. The molecule has 0 aliphatic heterocycles. The van der Waals surface area contributed by atoms with E-state index >= 15 is 0 Å². The Labute approximate surface area is 93.9 Å². The molecule has 3 N–H and O–H groups in total. The fraction of sp³-hybridized carbons (Fsp3) is 0. The molecule has 0 radical (unpaired) electrons. The summed E-state index contributed by atoms with van der Waals surface area (Å²) in [6.07, 6.45) is -4.17. The smallest absolute Gasteiger partial charge is 0.652 e. The molecule has 11 heavy (non-hydrogen) atoms. The summed E-state index contributed by atoms with van der Waals surface area (Å²) >= 11 is 0. The molecule has 0 saturated carbocycles. The maximum Gasteiger partial charge on any atom is 2.00 e. The summed E-state index contributed by atoms with van der Waals surface area (Å²) in [6.45, 7) is 0. The molecule has 0 rings (SSSR count). The third-order valence-electron chi connectivity index (χ3n) is 0. The van der Waals surface area contributed by atoms with Crippen LogP contribution in [0, 0.1) is 0 Å². The number of carbonyl (C=O) groups is 2. The molecule has 0 bridgehead atoms. The van der Waals surface area contributed by atoms with Crippen LogP contribution in [0.2, 0.25) is 0 Å². The summed E-state index contributed by atoms with van der Waals surface area (Å²) in [5, 5.41) is 30.6. The average molecular weight is 212 g/mol. The molecular weight excluding hydrogens is 207 g/mol. The third-order valence-corrected chi connectivity index (χ3v) is 0. The number of hydrogen-bond donors (Lipinski definition) is 3. The van der Waals surface area contributed by atoms with Gasteiger partial charge in [0.15, 0.2) is 0 Å². The molecule has 62 valence electrons. The Bertz CT molecular complexity index is 74.4. The van der Waals surface area contributed by atoms with Gasteiger partial charge in [-0.3, -0.25) is 0 Å². The van der Waals surface area contributed by atoms with Gasteiger partial charge in [0.05, 0.1) is 0 Å². The van der Waals surface area contributed by atoms with E-state index in [1.807, 2.05) is 0 Å². The maximum atomic E-state index is 8.56. The van der Waals surface area contributed by atoms with Crippen molar-refractivity contribution in [2.45, 2.75) is 0 Å². The van der Waals surface area contributed by atoms with Crippen molar-refractivity contribution in [1.29, 1.82) is 0 Å². The van der Waals surface area contributed by atoms with Gasteiger partial charge in [-0.1, -0.05) is 0 Å². The van der Waals surface area contributed by atoms with E-state index in [1.54, 1.807) is 0 Å².